The van der Waals surface area contributed by atoms with E-state index in [0.29, 0.717) is 5.69 Å². The zero-order valence-electron chi connectivity index (χ0n) is 12.7. The van der Waals surface area contributed by atoms with Crippen LogP contribution in [0.25, 0.3) is 0 Å². The van der Waals surface area contributed by atoms with Crippen LogP contribution in [0.4, 0.5) is 11.4 Å². The first-order valence-corrected chi connectivity index (χ1v) is 6.68. The summed E-state index contributed by atoms with van der Waals surface area (Å²) < 4.78 is 0. The Kier molecular flexibility index (Phi) is 2.81. The Morgan fingerprint density at radius 2 is 1.68 bits per heavy atom. The summed E-state index contributed by atoms with van der Waals surface area (Å²) in [5.74, 6) is -0.973. The Bertz CT molecular complexity index is 673. The number of nitrogens with zero attached hydrogens (tertiary/aromatic N) is 8. The number of nitro groups is 1. The van der Waals surface area contributed by atoms with Crippen molar-refractivity contribution in [1.29, 1.82) is 0 Å². The average Bonchev–Trinajstić information content (AvgIpc) is 2.92. The molecule has 1 aromatic carbocycles. The molecule has 0 bridgehead atoms. The molecule has 0 radical (unpaired) electrons. The molecule has 116 valence electrons. The maximum Gasteiger partial charge on any atom is 0.294 e. The quantitative estimate of drug-likeness (QED) is 0.616. The lowest BCUT2D eigenvalue weighted by Gasteiger charge is -2.45. The van der Waals surface area contributed by atoms with Crippen molar-refractivity contribution in [3.05, 3.63) is 34.4 Å². The van der Waals surface area contributed by atoms with Crippen molar-refractivity contribution < 1.29 is 4.92 Å². The molecule has 0 unspecified atom stereocenters. The smallest absolute Gasteiger partial charge is 0.258 e. The summed E-state index contributed by atoms with van der Waals surface area (Å²) in [6, 6.07) is 6.41. The molecule has 0 amide bonds. The number of rotatable bonds is 2. The highest BCUT2D eigenvalue weighted by atomic mass is 16.6. The summed E-state index contributed by atoms with van der Waals surface area (Å²) in [6.45, 7) is 3.77. The van der Waals surface area contributed by atoms with E-state index in [1.165, 1.54) is 11.1 Å². The summed E-state index contributed by atoms with van der Waals surface area (Å²) in [6.07, 6.45) is 0. The van der Waals surface area contributed by atoms with E-state index in [-0.39, 0.29) is 5.69 Å². The van der Waals surface area contributed by atoms with Gasteiger partial charge in [-0.3, -0.25) is 10.1 Å². The fourth-order valence-electron chi connectivity index (χ4n) is 3.08. The minimum Gasteiger partial charge on any atom is -0.258 e. The lowest BCUT2D eigenvalue weighted by molar-refractivity contribution is -0.384. The van der Waals surface area contributed by atoms with Crippen LogP contribution in [-0.2, 0) is 0 Å². The van der Waals surface area contributed by atoms with Crippen molar-refractivity contribution in [1.82, 2.24) is 10.0 Å². The van der Waals surface area contributed by atoms with E-state index in [4.69, 9.17) is 0 Å². The molecule has 0 atom stereocenters. The Balaban J connectivity index is 2.20. The summed E-state index contributed by atoms with van der Waals surface area (Å²) in [5.41, 5.74) is -0.413. The van der Waals surface area contributed by atoms with E-state index >= 15 is 0 Å². The van der Waals surface area contributed by atoms with Crippen LogP contribution in [0.2, 0.25) is 0 Å². The van der Waals surface area contributed by atoms with E-state index in [9.17, 15) is 10.1 Å². The molecule has 0 N–H and O–H groups in total. The molecule has 2 aliphatic rings. The van der Waals surface area contributed by atoms with Crippen LogP contribution in [0, 0.1) is 10.1 Å². The summed E-state index contributed by atoms with van der Waals surface area (Å²) in [7, 11) is 3.49. The highest BCUT2D eigenvalue weighted by Crippen LogP contribution is 2.49. The van der Waals surface area contributed by atoms with E-state index in [0.717, 1.165) is 0 Å². The molecule has 0 fully saturated rings. The van der Waals surface area contributed by atoms with E-state index in [2.05, 4.69) is 20.8 Å². The van der Waals surface area contributed by atoms with Gasteiger partial charge in [-0.2, -0.15) is 10.1 Å². The van der Waals surface area contributed by atoms with Gasteiger partial charge in [0.15, 0.2) is 0 Å². The zero-order valence-corrected chi connectivity index (χ0v) is 12.7. The summed E-state index contributed by atoms with van der Waals surface area (Å²) >= 11 is 0. The van der Waals surface area contributed by atoms with Crippen LogP contribution in [0.5, 0.6) is 0 Å². The molecule has 10 heteroatoms. The normalized spacial score (nSPS) is 21.2. The number of benzene rings is 1. The monoisotopic (exact) mass is 304 g/mol. The molecule has 1 aromatic rings. The van der Waals surface area contributed by atoms with Gasteiger partial charge in [0.25, 0.3) is 11.5 Å². The van der Waals surface area contributed by atoms with E-state index in [1.54, 1.807) is 42.3 Å². The van der Waals surface area contributed by atoms with Gasteiger partial charge in [-0.25, -0.2) is 10.0 Å². The van der Waals surface area contributed by atoms with Crippen LogP contribution in [0.15, 0.2) is 45.0 Å². The van der Waals surface area contributed by atoms with Gasteiger partial charge in [0.2, 0.25) is 0 Å². The average molecular weight is 304 g/mol. The largest absolute Gasteiger partial charge is 0.294 e. The molecular weight excluding hydrogens is 288 g/mol. The highest BCUT2D eigenvalue weighted by Gasteiger charge is 2.65. The molecule has 0 saturated carbocycles. The Hall–Kier alpha value is -2.78. The highest BCUT2D eigenvalue weighted by molar-refractivity contribution is 5.64. The first-order chi connectivity index (χ1) is 10.3. The number of likely N-dealkylation sites (N-methyl/N-ethyl adjacent to an activating group) is 2. The second-order valence-electron chi connectivity index (χ2n) is 5.67. The third-order valence-corrected chi connectivity index (χ3v) is 4.02. The topological polar surface area (TPSA) is 102 Å². The molecule has 3 rings (SSSR count). The third-order valence-electron chi connectivity index (χ3n) is 4.02. The fraction of sp³-hybridized carbons (Fsp3) is 0.500. The van der Waals surface area contributed by atoms with E-state index in [1.807, 2.05) is 13.8 Å². The lowest BCUT2D eigenvalue weighted by atomic mass is 9.94. The van der Waals surface area contributed by atoms with Crippen LogP contribution in [0.1, 0.15) is 13.8 Å². The molecule has 0 aromatic heterocycles. The second kappa shape index (κ2) is 4.36. The predicted octanol–water partition coefficient (Wildman–Crippen LogP) is 2.37. The maximum atomic E-state index is 11.3. The van der Waals surface area contributed by atoms with Crippen molar-refractivity contribution in [2.75, 3.05) is 19.1 Å². The van der Waals surface area contributed by atoms with Crippen LogP contribution < -0.4 is 5.01 Å². The molecular formula is C12H16N8O2. The molecule has 2 heterocycles. The minimum atomic E-state index is -0.973. The predicted molar refractivity (Wildman–Crippen MR) is 77.6 cm³/mol. The molecule has 0 aliphatic carbocycles. The zero-order chi connectivity index (χ0) is 16.1. The van der Waals surface area contributed by atoms with Gasteiger partial charge < -0.3 is 0 Å². The van der Waals surface area contributed by atoms with Crippen LogP contribution in [-0.4, -0.2) is 40.4 Å². The second-order valence-corrected chi connectivity index (χ2v) is 5.67. The SMILES string of the molecule is CN1N=NN(C)C12N(c1ccccc1[N+](=O)[O-])N=NC2(C)C. The van der Waals surface area contributed by atoms with Crippen molar-refractivity contribution >= 4 is 11.4 Å². The maximum absolute atomic E-state index is 11.3. The third kappa shape index (κ3) is 1.54. The van der Waals surface area contributed by atoms with Crippen LogP contribution in [0.3, 0.4) is 0 Å². The lowest BCUT2D eigenvalue weighted by Crippen LogP contribution is -2.69. The standard InChI is InChI=1S/C12H16N8O2/c1-11(2)12(17(3)15-16-18(12)4)19(14-13-11)9-7-5-6-8-10(9)20(21)22/h5-8H,1-4H3. The molecule has 10 nitrogen and oxygen atoms in total. The summed E-state index contributed by atoms with van der Waals surface area (Å²) in [5, 5.41) is 32.7. The summed E-state index contributed by atoms with van der Waals surface area (Å²) in [4.78, 5) is 10.9. The van der Waals surface area contributed by atoms with Gasteiger partial charge >= 0.3 is 0 Å². The molecule has 2 aliphatic heterocycles. The van der Waals surface area contributed by atoms with Gasteiger partial charge in [-0.05, 0) is 30.4 Å². The number of hydrogen-bond acceptors (Lipinski definition) is 9. The number of para-hydroxylation sites is 2. The van der Waals surface area contributed by atoms with Crippen molar-refractivity contribution in [3.63, 3.8) is 0 Å². The van der Waals surface area contributed by atoms with Gasteiger partial charge in [-0.1, -0.05) is 17.4 Å². The minimum absolute atomic E-state index is 0.0489. The van der Waals surface area contributed by atoms with Gasteiger partial charge in [0, 0.05) is 20.2 Å². The van der Waals surface area contributed by atoms with E-state index < -0.39 is 16.2 Å². The van der Waals surface area contributed by atoms with Crippen molar-refractivity contribution in [2.24, 2.45) is 20.8 Å². The number of hydrogen-bond donors (Lipinski definition) is 0. The molecule has 22 heavy (non-hydrogen) atoms. The van der Waals surface area contributed by atoms with Gasteiger partial charge in [0.05, 0.1) is 4.92 Å². The van der Waals surface area contributed by atoms with Gasteiger partial charge in [0.1, 0.15) is 11.2 Å². The first kappa shape index (κ1) is 14.2. The van der Waals surface area contributed by atoms with Crippen LogP contribution >= 0.6 is 0 Å². The molecule has 0 saturated heterocycles. The van der Waals surface area contributed by atoms with Crippen molar-refractivity contribution in [3.8, 4) is 0 Å². The fourth-order valence-corrected chi connectivity index (χ4v) is 3.08. The number of anilines is 1. The Morgan fingerprint density at radius 3 is 2.27 bits per heavy atom. The Labute approximate surface area is 126 Å². The molecule has 1 spiro atoms. The van der Waals surface area contributed by atoms with Gasteiger partial charge in [-0.15, -0.1) is 0 Å². The first-order valence-electron chi connectivity index (χ1n) is 6.68. The number of nitro benzene ring substituents is 1. The Morgan fingerprint density at radius 1 is 1.09 bits per heavy atom. The van der Waals surface area contributed by atoms with Crippen molar-refractivity contribution in [2.45, 2.75) is 25.2 Å².